The zero-order chi connectivity index (χ0) is 52.3. The van der Waals surface area contributed by atoms with Crippen LogP contribution in [0.2, 0.25) is 0 Å². The summed E-state index contributed by atoms with van der Waals surface area (Å²) < 4.78 is 50.2. The number of nitrogens with zero attached hydrogens (tertiary/aromatic N) is 2. The van der Waals surface area contributed by atoms with Crippen molar-refractivity contribution in [2.24, 2.45) is 0 Å². The molecule has 11 rings (SSSR count). The predicted octanol–water partition coefficient (Wildman–Crippen LogP) is 10.5. The van der Waals surface area contributed by atoms with Gasteiger partial charge in [0.05, 0.1) is 41.9 Å². The molecule has 7 aromatic carbocycles. The number of aliphatic hydroxyl groups excluding tert-OH is 1. The van der Waals surface area contributed by atoms with E-state index in [-0.39, 0.29) is 39.4 Å². The summed E-state index contributed by atoms with van der Waals surface area (Å²) in [5.74, 6) is 1.23. The molecule has 4 N–H and O–H groups in total. The number of nitrogens with one attached hydrogen (secondary N) is 3. The highest BCUT2D eigenvalue weighted by atomic mass is 32.2. The van der Waals surface area contributed by atoms with Gasteiger partial charge in [0.2, 0.25) is 21.1 Å². The lowest BCUT2D eigenvalue weighted by Crippen LogP contribution is -2.40. The first-order valence-electron chi connectivity index (χ1n) is 25.4. The molecule has 2 aromatic heterocycles. The number of aliphatic hydroxyl groups is 1. The highest BCUT2D eigenvalue weighted by Gasteiger charge is 2.28. The normalized spacial score (nSPS) is 14.6. The molecule has 0 bridgehead atoms. The van der Waals surface area contributed by atoms with Gasteiger partial charge in [-0.1, -0.05) is 123 Å². The molecule has 9 aromatic rings. The first-order valence-corrected chi connectivity index (χ1v) is 26.8. The Balaban J connectivity index is 0.000000278. The number of pyridine rings is 2. The van der Waals surface area contributed by atoms with Crippen molar-refractivity contribution in [3.8, 4) is 11.5 Å². The van der Waals surface area contributed by atoms with Crippen molar-refractivity contribution in [2.45, 2.75) is 50.7 Å². The summed E-state index contributed by atoms with van der Waals surface area (Å²) in [5.41, 5.74) is 8.80. The van der Waals surface area contributed by atoms with Crippen LogP contribution in [-0.4, -0.2) is 78.7 Å². The lowest BCUT2D eigenvalue weighted by atomic mass is 10.0. The molecule has 0 radical (unpaired) electrons. The van der Waals surface area contributed by atoms with Gasteiger partial charge in [-0.3, -0.25) is 14.5 Å². The van der Waals surface area contributed by atoms with E-state index >= 15 is 0 Å². The molecule has 1 unspecified atom stereocenters. The first kappa shape index (κ1) is 56.7. The van der Waals surface area contributed by atoms with Crippen LogP contribution in [0.3, 0.4) is 0 Å². The van der Waals surface area contributed by atoms with Crippen LogP contribution in [0.1, 0.15) is 53.0 Å². The summed E-state index contributed by atoms with van der Waals surface area (Å²) in [6.07, 6.45) is 0.0672. The maximum absolute atomic E-state index is 13.0. The standard InChI is InChI=1S/C43H44N4O6S.C18H15NO3.CH4.H3P/c48-40(38-19-21-41(43-39(38)20-22-42(49)45-43)53-31-34-9-5-2-6-10-34)30-46(29-33-7-3-1-4-8-33)24-23-32-11-13-35(14-12-32)44-36-15-17-37(18-16-36)54(50,51)47-25-27-52-28-26-47;20-17-9-7-14-13(16-11-22-16)6-8-15(18(14)19-17)21-10-12-4-2-1-3-5-12;;/h1-22,40,44,48H,23-31H2,(H,45,49);1-9,16H,10-11H2,(H,19,20);1H4;1H3/t40-;16-;;/m00../s1. The molecule has 0 amide bonds. The van der Waals surface area contributed by atoms with E-state index in [1.54, 1.807) is 30.3 Å². The molecule has 0 saturated carbocycles. The highest BCUT2D eigenvalue weighted by Crippen LogP contribution is 2.37. The third kappa shape index (κ3) is 14.6. The number of ether oxygens (including phenoxy) is 4. The molecule has 0 aliphatic carbocycles. The van der Waals surface area contributed by atoms with E-state index in [1.165, 1.54) is 16.4 Å². The summed E-state index contributed by atoms with van der Waals surface area (Å²) in [4.78, 5) is 32.4. The average molecular weight is 1090 g/mol. The van der Waals surface area contributed by atoms with Crippen molar-refractivity contribution in [3.05, 3.63) is 242 Å². The maximum Gasteiger partial charge on any atom is 0.248 e. The Labute approximate surface area is 458 Å². The molecule has 2 aliphatic heterocycles. The van der Waals surface area contributed by atoms with E-state index in [0.29, 0.717) is 81.7 Å². The SMILES string of the molecule is C.O=c1ccc2c([C@@H](O)CN(CCc3ccc(Nc4ccc(S(=O)(=O)N5CCOCC5)cc4)cc3)Cc3ccccc3)ccc(OCc3ccccc3)c2[nH]1.O=c1ccc2c([C@@H]3CO3)ccc(OCc3ccccc3)c2[nH]1.P. The van der Waals surface area contributed by atoms with E-state index in [0.717, 1.165) is 68.5 Å². The fourth-order valence-electron chi connectivity index (χ4n) is 9.28. The van der Waals surface area contributed by atoms with Gasteiger partial charge < -0.3 is 39.3 Å². The van der Waals surface area contributed by atoms with Crippen molar-refractivity contribution >= 4 is 53.1 Å². The summed E-state index contributed by atoms with van der Waals surface area (Å²) in [5, 5.41) is 16.8. The third-order valence-corrected chi connectivity index (χ3v) is 15.3. The smallest absolute Gasteiger partial charge is 0.248 e. The molecule has 0 spiro atoms. The lowest BCUT2D eigenvalue weighted by molar-refractivity contribution is 0.0730. The van der Waals surface area contributed by atoms with Crippen LogP contribution >= 0.6 is 9.90 Å². The Bertz CT molecular complexity index is 3600. The van der Waals surface area contributed by atoms with Crippen LogP contribution in [0.4, 0.5) is 11.4 Å². The molecular weight excluding hydrogens is 1020 g/mol. The number of aromatic amines is 2. The van der Waals surface area contributed by atoms with Crippen LogP contribution in [0.15, 0.2) is 203 Å². The molecule has 2 saturated heterocycles. The number of anilines is 2. The van der Waals surface area contributed by atoms with Crippen LogP contribution in [-0.2, 0) is 45.7 Å². The zero-order valence-corrected chi connectivity index (χ0v) is 44.8. The van der Waals surface area contributed by atoms with Crippen LogP contribution in [0, 0.1) is 0 Å². The van der Waals surface area contributed by atoms with Gasteiger partial charge in [-0.05, 0) is 100 Å². The number of epoxide rings is 1. The van der Waals surface area contributed by atoms with E-state index in [9.17, 15) is 23.1 Å². The molecule has 2 aliphatic rings. The minimum atomic E-state index is -3.55. The number of H-pyrrole nitrogens is 2. The number of aromatic nitrogens is 2. The Morgan fingerprint density at radius 1 is 0.628 bits per heavy atom. The van der Waals surface area contributed by atoms with Gasteiger partial charge in [0.15, 0.2) is 0 Å². The lowest BCUT2D eigenvalue weighted by Gasteiger charge is -2.26. The van der Waals surface area contributed by atoms with Crippen molar-refractivity contribution in [1.29, 1.82) is 0 Å². The van der Waals surface area contributed by atoms with Gasteiger partial charge in [-0.25, -0.2) is 8.42 Å². The number of rotatable bonds is 19. The van der Waals surface area contributed by atoms with E-state index < -0.39 is 16.1 Å². The van der Waals surface area contributed by atoms with Gasteiger partial charge >= 0.3 is 0 Å². The largest absolute Gasteiger partial charge is 0.487 e. The fraction of sp³-hybridized carbons (Fsp3) is 0.226. The summed E-state index contributed by atoms with van der Waals surface area (Å²) in [6, 6.07) is 59.2. The number of morpholine rings is 1. The second-order valence-corrected chi connectivity index (χ2v) is 20.7. The molecule has 4 heterocycles. The summed E-state index contributed by atoms with van der Waals surface area (Å²) in [7, 11) is -3.55. The number of hydrogen-bond acceptors (Lipinski definition) is 11. The fourth-order valence-corrected chi connectivity index (χ4v) is 10.7. The van der Waals surface area contributed by atoms with Gasteiger partial charge in [0, 0.05) is 67.0 Å². The van der Waals surface area contributed by atoms with Crippen LogP contribution in [0.5, 0.6) is 11.5 Å². The van der Waals surface area contributed by atoms with Crippen molar-refractivity contribution in [2.75, 3.05) is 51.3 Å². The maximum atomic E-state index is 13.0. The quantitative estimate of drug-likeness (QED) is 0.0447. The van der Waals surface area contributed by atoms with Gasteiger partial charge in [-0.15, -0.1) is 0 Å². The van der Waals surface area contributed by atoms with Gasteiger partial charge in [0.25, 0.3) is 0 Å². The van der Waals surface area contributed by atoms with E-state index in [2.05, 4.69) is 44.5 Å². The van der Waals surface area contributed by atoms with Gasteiger partial charge in [0.1, 0.15) is 30.8 Å². The van der Waals surface area contributed by atoms with Crippen LogP contribution in [0.25, 0.3) is 21.8 Å². The Hall–Kier alpha value is -7.46. The predicted molar refractivity (Wildman–Crippen MR) is 313 cm³/mol. The highest BCUT2D eigenvalue weighted by molar-refractivity contribution is 7.89. The van der Waals surface area contributed by atoms with Crippen molar-refractivity contribution < 1.29 is 32.5 Å². The minimum Gasteiger partial charge on any atom is -0.487 e. The number of benzene rings is 7. The number of hydrogen-bond donors (Lipinski definition) is 4. The topological polar surface area (TPSA) is 179 Å². The molecule has 404 valence electrons. The summed E-state index contributed by atoms with van der Waals surface area (Å²) >= 11 is 0. The van der Waals surface area contributed by atoms with Crippen LogP contribution < -0.4 is 25.9 Å². The Kier molecular flexibility index (Phi) is 19.4. The molecule has 2 fully saturated rings. The van der Waals surface area contributed by atoms with Gasteiger partial charge in [-0.2, -0.15) is 14.2 Å². The average Bonchev–Trinajstić information content (AvgIpc) is 4.35. The number of fused-ring (bicyclic) bond motifs is 2. The van der Waals surface area contributed by atoms with E-state index in [4.69, 9.17) is 18.9 Å². The summed E-state index contributed by atoms with van der Waals surface area (Å²) in [6.45, 7) is 4.82. The minimum absolute atomic E-state index is 0. The van der Waals surface area contributed by atoms with E-state index in [1.807, 2.05) is 121 Å². The third-order valence-electron chi connectivity index (χ3n) is 13.4. The molecule has 78 heavy (non-hydrogen) atoms. The second-order valence-electron chi connectivity index (χ2n) is 18.7. The van der Waals surface area contributed by atoms with Crippen molar-refractivity contribution in [1.82, 2.24) is 19.2 Å². The first-order chi connectivity index (χ1) is 37.1. The Morgan fingerprint density at radius 3 is 1.71 bits per heavy atom. The second kappa shape index (κ2) is 26.7. The number of sulfonamides is 1. The monoisotopic (exact) mass is 1090 g/mol. The van der Waals surface area contributed by atoms with Crippen molar-refractivity contribution in [3.63, 3.8) is 0 Å². The molecular formula is C62H66N5O9PS. The molecule has 3 atom stereocenters. The molecule has 16 heteroatoms. The molecule has 14 nitrogen and oxygen atoms in total. The Morgan fingerprint density at radius 2 is 1.14 bits per heavy atom. The zero-order valence-electron chi connectivity index (χ0n) is 42.6.